The minimum Gasteiger partial charge on any atom is -0.262 e. The third kappa shape index (κ3) is 2.34. The van der Waals surface area contributed by atoms with E-state index in [0.29, 0.717) is 0 Å². The molecule has 1 heterocycles. The van der Waals surface area contributed by atoms with Gasteiger partial charge in [-0.1, -0.05) is 26.0 Å². The van der Waals surface area contributed by atoms with Crippen LogP contribution in [0.15, 0.2) is 28.4 Å². The van der Waals surface area contributed by atoms with Gasteiger partial charge in [0, 0.05) is 17.3 Å². The number of allylic oxidation sites excluding steroid dienone is 4. The molecule has 1 nitrogen and oxygen atoms in total. The molecule has 1 heteroatoms. The van der Waals surface area contributed by atoms with E-state index >= 15 is 0 Å². The van der Waals surface area contributed by atoms with Crippen molar-refractivity contribution >= 4 is 6.21 Å². The fraction of sp³-hybridized carbons (Fsp3) is 0.500. The summed E-state index contributed by atoms with van der Waals surface area (Å²) < 4.78 is 0. The van der Waals surface area contributed by atoms with Gasteiger partial charge in [-0.2, -0.15) is 0 Å². The van der Waals surface area contributed by atoms with Crippen molar-refractivity contribution in [2.24, 2.45) is 10.4 Å². The second kappa shape index (κ2) is 2.65. The smallest absolute Gasteiger partial charge is 0.0341 e. The molecule has 0 fully saturated rings. The molecule has 11 heavy (non-hydrogen) atoms. The highest BCUT2D eigenvalue weighted by molar-refractivity contribution is 5.79. The van der Waals surface area contributed by atoms with Crippen LogP contribution < -0.4 is 0 Å². The molecule has 1 aliphatic heterocycles. The predicted molar refractivity (Wildman–Crippen MR) is 49.8 cm³/mol. The summed E-state index contributed by atoms with van der Waals surface area (Å²) in [6.45, 7) is 8.49. The Morgan fingerprint density at radius 3 is 2.45 bits per heavy atom. The van der Waals surface area contributed by atoms with E-state index in [4.69, 9.17) is 0 Å². The van der Waals surface area contributed by atoms with Crippen molar-refractivity contribution in [3.63, 3.8) is 0 Å². The lowest BCUT2D eigenvalue weighted by atomic mass is 9.91. The topological polar surface area (TPSA) is 12.4 Å². The van der Waals surface area contributed by atoms with Crippen molar-refractivity contribution in [1.82, 2.24) is 0 Å². The molecule has 0 spiro atoms. The van der Waals surface area contributed by atoms with Crippen LogP contribution in [-0.4, -0.2) is 6.21 Å². The maximum atomic E-state index is 4.27. The first-order valence-electron chi connectivity index (χ1n) is 3.93. The Morgan fingerprint density at radius 1 is 1.18 bits per heavy atom. The van der Waals surface area contributed by atoms with Crippen molar-refractivity contribution in [3.05, 3.63) is 23.4 Å². The third-order valence-electron chi connectivity index (χ3n) is 1.65. The quantitative estimate of drug-likeness (QED) is 0.502. The summed E-state index contributed by atoms with van der Waals surface area (Å²) in [4.78, 5) is 4.27. The molecule has 0 aromatic heterocycles. The van der Waals surface area contributed by atoms with Crippen LogP contribution in [0.4, 0.5) is 0 Å². The van der Waals surface area contributed by atoms with Crippen LogP contribution >= 0.6 is 0 Å². The van der Waals surface area contributed by atoms with Crippen molar-refractivity contribution < 1.29 is 0 Å². The zero-order valence-corrected chi connectivity index (χ0v) is 7.68. The molecule has 1 rings (SSSR count). The van der Waals surface area contributed by atoms with E-state index in [2.05, 4.69) is 37.9 Å². The fourth-order valence-corrected chi connectivity index (χ4v) is 1.45. The SMILES string of the molecule is CC1=CC(C)(C)C=C(C)N=C1. The molecule has 0 bridgehead atoms. The summed E-state index contributed by atoms with van der Waals surface area (Å²) in [5, 5.41) is 0. The first kappa shape index (κ1) is 8.25. The Kier molecular flexibility index (Phi) is 1.99. The van der Waals surface area contributed by atoms with E-state index < -0.39 is 0 Å². The second-order valence-corrected chi connectivity index (χ2v) is 3.75. The molecule has 0 N–H and O–H groups in total. The van der Waals surface area contributed by atoms with E-state index in [1.165, 1.54) is 5.57 Å². The monoisotopic (exact) mass is 149 g/mol. The Hall–Kier alpha value is -0.850. The maximum absolute atomic E-state index is 4.27. The summed E-state index contributed by atoms with van der Waals surface area (Å²) >= 11 is 0. The van der Waals surface area contributed by atoms with E-state index in [9.17, 15) is 0 Å². The van der Waals surface area contributed by atoms with E-state index in [-0.39, 0.29) is 5.41 Å². The Labute approximate surface area is 68.5 Å². The van der Waals surface area contributed by atoms with Crippen molar-refractivity contribution in [2.45, 2.75) is 27.7 Å². The predicted octanol–water partition coefficient (Wildman–Crippen LogP) is 2.95. The number of hydrogen-bond acceptors (Lipinski definition) is 1. The summed E-state index contributed by atoms with van der Waals surface area (Å²) in [5.41, 5.74) is 2.50. The highest BCUT2D eigenvalue weighted by Crippen LogP contribution is 2.24. The lowest BCUT2D eigenvalue weighted by molar-refractivity contribution is 0.619. The van der Waals surface area contributed by atoms with Crippen LogP contribution in [0.3, 0.4) is 0 Å². The minimum absolute atomic E-state index is 0.157. The Morgan fingerprint density at radius 2 is 1.82 bits per heavy atom. The van der Waals surface area contributed by atoms with Crippen molar-refractivity contribution in [2.75, 3.05) is 0 Å². The molecule has 0 aromatic rings. The van der Waals surface area contributed by atoms with E-state index in [0.717, 1.165) is 5.70 Å². The van der Waals surface area contributed by atoms with Crippen molar-refractivity contribution in [3.8, 4) is 0 Å². The van der Waals surface area contributed by atoms with Gasteiger partial charge in [0.2, 0.25) is 0 Å². The minimum atomic E-state index is 0.157. The Bertz CT molecular complexity index is 218. The highest BCUT2D eigenvalue weighted by atomic mass is 14.7. The second-order valence-electron chi connectivity index (χ2n) is 3.75. The van der Waals surface area contributed by atoms with Gasteiger partial charge in [-0.15, -0.1) is 0 Å². The van der Waals surface area contributed by atoms with Gasteiger partial charge in [0.1, 0.15) is 0 Å². The van der Waals surface area contributed by atoms with Gasteiger partial charge in [-0.3, -0.25) is 4.99 Å². The van der Waals surface area contributed by atoms with Gasteiger partial charge >= 0.3 is 0 Å². The lowest BCUT2D eigenvalue weighted by Crippen LogP contribution is -2.03. The van der Waals surface area contributed by atoms with Crippen LogP contribution in [0.5, 0.6) is 0 Å². The van der Waals surface area contributed by atoms with E-state index in [1.54, 1.807) is 0 Å². The normalized spacial score (nSPS) is 22.2. The van der Waals surface area contributed by atoms with Crippen molar-refractivity contribution in [1.29, 1.82) is 0 Å². The number of nitrogens with zero attached hydrogens (tertiary/aromatic N) is 1. The number of rotatable bonds is 0. The van der Waals surface area contributed by atoms with Gasteiger partial charge in [0.25, 0.3) is 0 Å². The molecule has 0 aromatic carbocycles. The molecule has 1 aliphatic rings. The molecule has 0 aliphatic carbocycles. The highest BCUT2D eigenvalue weighted by Gasteiger charge is 2.12. The summed E-state index contributed by atoms with van der Waals surface area (Å²) in [6.07, 6.45) is 6.33. The average Bonchev–Trinajstić information content (AvgIpc) is 1.89. The van der Waals surface area contributed by atoms with Gasteiger partial charge < -0.3 is 0 Å². The molecule has 0 saturated heterocycles. The van der Waals surface area contributed by atoms with Crippen LogP contribution in [0.2, 0.25) is 0 Å². The maximum Gasteiger partial charge on any atom is 0.0341 e. The summed E-state index contributed by atoms with van der Waals surface area (Å²) in [5.74, 6) is 0. The molecule has 0 saturated carbocycles. The van der Waals surface area contributed by atoms with Crippen LogP contribution in [-0.2, 0) is 0 Å². The molecule has 0 amide bonds. The van der Waals surface area contributed by atoms with Gasteiger partial charge in [0.05, 0.1) is 0 Å². The van der Waals surface area contributed by atoms with Gasteiger partial charge in [0.15, 0.2) is 0 Å². The van der Waals surface area contributed by atoms with Gasteiger partial charge in [-0.05, 0) is 19.4 Å². The van der Waals surface area contributed by atoms with E-state index in [1.807, 2.05) is 13.1 Å². The summed E-state index contributed by atoms with van der Waals surface area (Å²) in [7, 11) is 0. The lowest BCUT2D eigenvalue weighted by Gasteiger charge is -2.14. The molecular weight excluding hydrogens is 134 g/mol. The first-order valence-corrected chi connectivity index (χ1v) is 3.93. The zero-order valence-electron chi connectivity index (χ0n) is 7.68. The third-order valence-corrected chi connectivity index (χ3v) is 1.65. The zero-order chi connectivity index (χ0) is 8.48. The standard InChI is InChI=1S/C10H15N/c1-8-5-10(3,4)6-9(2)11-7-8/h5-7H,1-4H3. The van der Waals surface area contributed by atoms with Crippen LogP contribution in [0.25, 0.3) is 0 Å². The summed E-state index contributed by atoms with van der Waals surface area (Å²) in [6, 6.07) is 0. The largest absolute Gasteiger partial charge is 0.262 e. The fourth-order valence-electron chi connectivity index (χ4n) is 1.45. The average molecular weight is 149 g/mol. The molecule has 0 unspecified atom stereocenters. The molecule has 0 atom stereocenters. The van der Waals surface area contributed by atoms with Crippen LogP contribution in [0.1, 0.15) is 27.7 Å². The first-order chi connectivity index (χ1) is 4.99. The number of hydrogen-bond donors (Lipinski definition) is 0. The molecule has 60 valence electrons. The van der Waals surface area contributed by atoms with Crippen LogP contribution in [0, 0.1) is 5.41 Å². The molecule has 0 radical (unpaired) electrons. The number of aliphatic imine (C=N–C) groups is 1. The van der Waals surface area contributed by atoms with Gasteiger partial charge in [-0.25, -0.2) is 0 Å². The Balaban J connectivity index is 3.03. The molecular formula is C10H15N.